The van der Waals surface area contributed by atoms with Gasteiger partial charge in [0.1, 0.15) is 6.54 Å². The average molecular weight is 353 g/mol. The molecular weight excluding hydrogens is 338 g/mol. The summed E-state index contributed by atoms with van der Waals surface area (Å²) < 4.78 is 0. The first-order valence-corrected chi connectivity index (χ1v) is 9.70. The van der Waals surface area contributed by atoms with Crippen molar-refractivity contribution in [1.29, 1.82) is 0 Å². The molecule has 0 atom stereocenters. The Morgan fingerprint density at radius 2 is 2.32 bits per heavy atom. The molecule has 1 fully saturated rings. The first-order chi connectivity index (χ1) is 10.7. The highest BCUT2D eigenvalue weighted by Gasteiger charge is 2.23. The number of nitrogens with zero attached hydrogens (tertiary/aromatic N) is 2. The van der Waals surface area contributed by atoms with E-state index < -0.39 is 0 Å². The van der Waals surface area contributed by atoms with Crippen molar-refractivity contribution in [3.05, 3.63) is 22.4 Å². The highest BCUT2D eigenvalue weighted by Crippen LogP contribution is 2.31. The number of carbonyl (C=O) groups is 2. The molecule has 2 aromatic heterocycles. The van der Waals surface area contributed by atoms with Gasteiger partial charge in [0.25, 0.3) is 0 Å². The van der Waals surface area contributed by atoms with Crippen molar-refractivity contribution in [3.63, 3.8) is 0 Å². The lowest BCUT2D eigenvalue weighted by atomic mass is 10.3. The number of hydrogen-bond donors (Lipinski definition) is 1. The van der Waals surface area contributed by atoms with Crippen LogP contribution in [0.3, 0.4) is 0 Å². The summed E-state index contributed by atoms with van der Waals surface area (Å²) in [7, 11) is 0. The van der Waals surface area contributed by atoms with Crippen molar-refractivity contribution in [2.75, 3.05) is 23.5 Å². The van der Waals surface area contributed by atoms with E-state index in [2.05, 4.69) is 29.4 Å². The molecule has 3 heterocycles. The smallest absolute Gasteiger partial charge is 0.245 e. The zero-order valence-corrected chi connectivity index (χ0v) is 14.4. The number of rotatable bonds is 5. The summed E-state index contributed by atoms with van der Waals surface area (Å²) in [6, 6.07) is 4.17. The predicted octanol–water partition coefficient (Wildman–Crippen LogP) is 2.91. The van der Waals surface area contributed by atoms with Gasteiger partial charge in [0.05, 0.1) is 22.2 Å². The molecule has 1 aliphatic heterocycles. The lowest BCUT2D eigenvalue weighted by Gasteiger charge is -2.12. The number of nitrogens with one attached hydrogen (secondary N) is 1. The fourth-order valence-electron chi connectivity index (χ4n) is 2.02. The molecule has 116 valence electrons. The second-order valence-electron chi connectivity index (χ2n) is 4.77. The molecule has 0 bridgehead atoms. The monoisotopic (exact) mass is 353 g/mol. The minimum atomic E-state index is -0.197. The van der Waals surface area contributed by atoms with E-state index in [1.807, 2.05) is 5.38 Å². The van der Waals surface area contributed by atoms with Gasteiger partial charge in [0.15, 0.2) is 5.13 Å². The van der Waals surface area contributed by atoms with Crippen LogP contribution in [-0.4, -0.2) is 39.9 Å². The molecule has 0 aromatic carbocycles. The molecule has 0 saturated carbocycles. The number of thiazole rings is 1. The van der Waals surface area contributed by atoms with Gasteiger partial charge in [-0.25, -0.2) is 4.98 Å². The molecule has 2 amide bonds. The topological polar surface area (TPSA) is 62.3 Å². The molecule has 1 aliphatic rings. The third-order valence-corrected chi connectivity index (χ3v) is 6.13. The Balaban J connectivity index is 1.61. The second kappa shape index (κ2) is 6.80. The maximum absolute atomic E-state index is 12.0. The van der Waals surface area contributed by atoms with E-state index in [4.69, 9.17) is 0 Å². The van der Waals surface area contributed by atoms with Gasteiger partial charge in [-0.15, -0.1) is 34.4 Å². The molecule has 8 heteroatoms. The Morgan fingerprint density at radius 3 is 3.00 bits per heavy atom. The van der Waals surface area contributed by atoms with E-state index >= 15 is 0 Å². The van der Waals surface area contributed by atoms with Gasteiger partial charge in [-0.1, -0.05) is 6.92 Å². The molecule has 0 spiro atoms. The lowest BCUT2D eigenvalue weighted by Crippen LogP contribution is -2.34. The van der Waals surface area contributed by atoms with Gasteiger partial charge in [-0.3, -0.25) is 9.59 Å². The van der Waals surface area contributed by atoms with Crippen LogP contribution < -0.4 is 5.32 Å². The Morgan fingerprint density at radius 1 is 1.45 bits per heavy atom. The van der Waals surface area contributed by atoms with Gasteiger partial charge >= 0.3 is 0 Å². The van der Waals surface area contributed by atoms with E-state index in [0.29, 0.717) is 16.8 Å². The highest BCUT2D eigenvalue weighted by atomic mass is 32.2. The maximum Gasteiger partial charge on any atom is 0.245 e. The van der Waals surface area contributed by atoms with Gasteiger partial charge in [-0.05, 0) is 18.6 Å². The summed E-state index contributed by atoms with van der Waals surface area (Å²) in [4.78, 5) is 31.9. The van der Waals surface area contributed by atoms with Crippen LogP contribution in [-0.2, 0) is 16.0 Å². The number of aryl methyl sites for hydroxylation is 1. The van der Waals surface area contributed by atoms with Crippen molar-refractivity contribution in [2.24, 2.45) is 0 Å². The quantitative estimate of drug-likeness (QED) is 0.898. The van der Waals surface area contributed by atoms with Crippen molar-refractivity contribution < 1.29 is 9.59 Å². The number of amides is 2. The molecule has 2 aromatic rings. The Labute approximate surface area is 140 Å². The summed E-state index contributed by atoms with van der Waals surface area (Å²) in [5.74, 6) is 0.875. The van der Waals surface area contributed by atoms with Gasteiger partial charge in [0.2, 0.25) is 11.8 Å². The number of thiophene rings is 1. The molecule has 3 rings (SSSR count). The Kier molecular flexibility index (Phi) is 4.80. The molecule has 1 saturated heterocycles. The maximum atomic E-state index is 12.0. The number of anilines is 1. The zero-order valence-electron chi connectivity index (χ0n) is 12.0. The van der Waals surface area contributed by atoms with E-state index in [-0.39, 0.29) is 18.4 Å². The number of carbonyl (C=O) groups excluding carboxylic acids is 2. The molecular formula is C14H15N3O2S3. The number of thioether (sulfide) groups is 1. The summed E-state index contributed by atoms with van der Waals surface area (Å²) >= 11 is 4.65. The molecule has 5 nitrogen and oxygen atoms in total. The minimum absolute atomic E-state index is 0.0191. The molecule has 22 heavy (non-hydrogen) atoms. The van der Waals surface area contributed by atoms with E-state index in [9.17, 15) is 9.59 Å². The molecule has 0 radical (unpaired) electrons. The van der Waals surface area contributed by atoms with Crippen LogP contribution in [0.4, 0.5) is 5.13 Å². The molecule has 0 aliphatic carbocycles. The normalized spacial score (nSPS) is 14.6. The third kappa shape index (κ3) is 3.50. The van der Waals surface area contributed by atoms with E-state index in [1.54, 1.807) is 16.2 Å². The summed E-state index contributed by atoms with van der Waals surface area (Å²) in [5.41, 5.74) is 0.887. The Bertz CT molecular complexity index is 695. The fraction of sp³-hybridized carbons (Fsp3) is 0.357. The summed E-state index contributed by atoms with van der Waals surface area (Å²) in [6.07, 6.45) is 1.01. The first kappa shape index (κ1) is 15.5. The fourth-order valence-corrected chi connectivity index (χ4v) is 4.64. The van der Waals surface area contributed by atoms with Crippen molar-refractivity contribution >= 4 is 51.4 Å². The van der Waals surface area contributed by atoms with E-state index in [0.717, 1.165) is 17.0 Å². The van der Waals surface area contributed by atoms with Crippen LogP contribution >= 0.6 is 34.4 Å². The van der Waals surface area contributed by atoms with Gasteiger partial charge in [0, 0.05) is 10.3 Å². The van der Waals surface area contributed by atoms with Crippen LogP contribution in [0, 0.1) is 0 Å². The zero-order chi connectivity index (χ0) is 15.5. The predicted molar refractivity (Wildman–Crippen MR) is 92.5 cm³/mol. The number of aromatic nitrogens is 1. The van der Waals surface area contributed by atoms with Gasteiger partial charge in [-0.2, -0.15) is 0 Å². The SMILES string of the molecule is CCc1ccc(-c2csc(NC(=O)CN3CSCC3=O)n2)s1. The van der Waals surface area contributed by atoms with Crippen LogP contribution in [0.5, 0.6) is 0 Å². The van der Waals surface area contributed by atoms with Crippen molar-refractivity contribution in [3.8, 4) is 10.6 Å². The van der Waals surface area contributed by atoms with E-state index in [1.165, 1.54) is 28.0 Å². The third-order valence-electron chi connectivity index (χ3n) is 3.17. The largest absolute Gasteiger partial charge is 0.323 e. The van der Waals surface area contributed by atoms with Gasteiger partial charge < -0.3 is 10.2 Å². The standard InChI is InChI=1S/C14H15N3O2S3/c1-2-9-3-4-11(22-9)10-6-21-14(15-10)16-12(18)5-17-8-20-7-13(17)19/h3-4,6H,2,5,7-8H2,1H3,(H,15,16,18). The first-order valence-electron chi connectivity index (χ1n) is 6.85. The van der Waals surface area contributed by atoms with Crippen LogP contribution in [0.25, 0.3) is 10.6 Å². The minimum Gasteiger partial charge on any atom is -0.323 e. The summed E-state index contributed by atoms with van der Waals surface area (Å²) in [6.45, 7) is 2.22. The lowest BCUT2D eigenvalue weighted by molar-refractivity contribution is -0.130. The second-order valence-corrected chi connectivity index (χ2v) is 7.76. The summed E-state index contributed by atoms with van der Waals surface area (Å²) in [5, 5.41) is 5.29. The van der Waals surface area contributed by atoms with Crippen LogP contribution in [0.2, 0.25) is 0 Å². The molecule has 1 N–H and O–H groups in total. The number of hydrogen-bond acceptors (Lipinski definition) is 6. The van der Waals surface area contributed by atoms with Crippen LogP contribution in [0.15, 0.2) is 17.5 Å². The average Bonchev–Trinajstić information content (AvgIpc) is 3.20. The van der Waals surface area contributed by atoms with Crippen molar-refractivity contribution in [2.45, 2.75) is 13.3 Å². The Hall–Kier alpha value is -1.38. The van der Waals surface area contributed by atoms with Crippen LogP contribution in [0.1, 0.15) is 11.8 Å². The highest BCUT2D eigenvalue weighted by molar-refractivity contribution is 8.00. The van der Waals surface area contributed by atoms with Crippen molar-refractivity contribution in [1.82, 2.24) is 9.88 Å². The molecule has 0 unspecified atom stereocenters.